The van der Waals surface area contributed by atoms with Gasteiger partial charge in [0.25, 0.3) is 5.91 Å². The van der Waals surface area contributed by atoms with E-state index in [1.165, 1.54) is 46.2 Å². The van der Waals surface area contributed by atoms with Gasteiger partial charge in [0, 0.05) is 6.54 Å². The molecular formula is C36H45NO12. The van der Waals surface area contributed by atoms with Crippen LogP contribution in [0.15, 0.2) is 49.1 Å². The van der Waals surface area contributed by atoms with Crippen LogP contribution in [0.3, 0.4) is 0 Å². The second-order valence-corrected chi connectivity index (χ2v) is 12.1. The Morgan fingerprint density at radius 1 is 1.02 bits per heavy atom. The number of hydrogen-bond donors (Lipinski definition) is 1. The fourth-order valence-electron chi connectivity index (χ4n) is 5.38. The van der Waals surface area contributed by atoms with Crippen molar-refractivity contribution in [3.05, 3.63) is 60.2 Å². The highest BCUT2D eigenvalue weighted by Gasteiger charge is 2.42. The van der Waals surface area contributed by atoms with Crippen molar-refractivity contribution >= 4 is 29.6 Å². The van der Waals surface area contributed by atoms with Crippen LogP contribution in [0.1, 0.15) is 63.2 Å². The van der Waals surface area contributed by atoms with Gasteiger partial charge in [0.2, 0.25) is 11.5 Å². The first kappa shape index (κ1) is 38.4. The Bertz CT molecular complexity index is 1490. The molecule has 266 valence electrons. The summed E-state index contributed by atoms with van der Waals surface area (Å²) < 4.78 is 33.0. The molecule has 0 unspecified atom stereocenters. The molecule has 1 heterocycles. The van der Waals surface area contributed by atoms with Crippen LogP contribution in [0.25, 0.3) is 0 Å². The number of likely N-dealkylation sites (tertiary alicyclic amines) is 1. The number of aryl methyl sites for hydroxylation is 1. The second-order valence-electron chi connectivity index (χ2n) is 12.1. The lowest BCUT2D eigenvalue weighted by atomic mass is 9.87. The average Bonchev–Trinajstić information content (AvgIpc) is 3.10. The molecule has 0 saturated carbocycles. The number of amides is 1. The van der Waals surface area contributed by atoms with Crippen molar-refractivity contribution in [1.82, 2.24) is 4.90 Å². The summed E-state index contributed by atoms with van der Waals surface area (Å²) in [6.45, 7) is 5.80. The van der Waals surface area contributed by atoms with Crippen LogP contribution in [0.2, 0.25) is 0 Å². The summed E-state index contributed by atoms with van der Waals surface area (Å²) in [5, 5.41) is 9.08. The van der Waals surface area contributed by atoms with Crippen LogP contribution < -0.4 is 18.9 Å². The molecule has 1 saturated heterocycles. The Kier molecular flexibility index (Phi) is 14.0. The average molecular weight is 684 g/mol. The minimum Gasteiger partial charge on any atom is -0.493 e. The number of ketones is 1. The lowest BCUT2D eigenvalue weighted by Gasteiger charge is -2.36. The number of Topliss-reactive ketones (excluding diaryl/α,β-unsaturated/α-hetero) is 1. The van der Waals surface area contributed by atoms with Crippen LogP contribution in [0.4, 0.5) is 0 Å². The van der Waals surface area contributed by atoms with E-state index in [0.29, 0.717) is 42.1 Å². The minimum atomic E-state index is -1.33. The molecular weight excluding hydrogens is 638 g/mol. The molecule has 49 heavy (non-hydrogen) atoms. The SMILES string of the molecule is C=CCC(=O)OCC(C)(C)C(=O)C(=O)N1CCCC[C@H]1C(=O)O[C@H](CCc1cc(OC)c(OC)c(OC)c1)c1cccc(OCC(=O)O)c1. The van der Waals surface area contributed by atoms with Crippen LogP contribution in [0.5, 0.6) is 23.0 Å². The third-order valence-electron chi connectivity index (χ3n) is 8.02. The molecule has 13 nitrogen and oxygen atoms in total. The zero-order valence-electron chi connectivity index (χ0n) is 28.7. The van der Waals surface area contributed by atoms with Gasteiger partial charge >= 0.3 is 17.9 Å². The maximum atomic E-state index is 13.9. The zero-order valence-corrected chi connectivity index (χ0v) is 28.7. The van der Waals surface area contributed by atoms with Crippen LogP contribution >= 0.6 is 0 Å². The number of carbonyl (C=O) groups is 5. The summed E-state index contributed by atoms with van der Waals surface area (Å²) in [7, 11) is 4.52. The van der Waals surface area contributed by atoms with Gasteiger partial charge in [0.1, 0.15) is 24.5 Å². The first-order valence-electron chi connectivity index (χ1n) is 15.9. The van der Waals surface area contributed by atoms with E-state index < -0.39 is 53.8 Å². The van der Waals surface area contributed by atoms with Gasteiger partial charge in [0.15, 0.2) is 18.1 Å². The summed E-state index contributed by atoms with van der Waals surface area (Å²) in [5.41, 5.74) is 0.00000112. The predicted molar refractivity (Wildman–Crippen MR) is 177 cm³/mol. The standard InChI is InChI=1S/C36H45NO12/c1-7-11-31(40)48-22-36(2,3)33(41)34(42)37-17-9-8-14-26(37)35(43)49-27(24-12-10-13-25(20-24)47-21-30(38)39)16-15-23-18-28(44-4)32(46-6)29(19-23)45-5/h7,10,12-13,18-20,26-27H,1,8-9,11,14-17,21-22H2,2-6H3,(H,38,39)/t26-,27+/m0/s1. The quantitative estimate of drug-likeness (QED) is 0.133. The fraction of sp³-hybridized carbons (Fsp3) is 0.472. The third-order valence-corrected chi connectivity index (χ3v) is 8.02. The molecule has 1 N–H and O–H groups in total. The van der Waals surface area contributed by atoms with E-state index in [-0.39, 0.29) is 38.2 Å². The van der Waals surface area contributed by atoms with Gasteiger partial charge in [0.05, 0.1) is 33.2 Å². The van der Waals surface area contributed by atoms with Gasteiger partial charge in [-0.1, -0.05) is 18.2 Å². The van der Waals surface area contributed by atoms with Crippen LogP contribution in [-0.4, -0.2) is 86.7 Å². The number of esters is 2. The fourth-order valence-corrected chi connectivity index (χ4v) is 5.38. The van der Waals surface area contributed by atoms with E-state index in [1.807, 2.05) is 0 Å². The molecule has 2 aromatic rings. The van der Waals surface area contributed by atoms with E-state index in [1.54, 1.807) is 36.4 Å². The molecule has 2 aromatic carbocycles. The topological polar surface area (TPSA) is 164 Å². The summed E-state index contributed by atoms with van der Waals surface area (Å²) >= 11 is 0. The predicted octanol–water partition coefficient (Wildman–Crippen LogP) is 4.49. The summed E-state index contributed by atoms with van der Waals surface area (Å²) in [4.78, 5) is 65.0. The summed E-state index contributed by atoms with van der Waals surface area (Å²) in [5.74, 6) is -2.46. The van der Waals surface area contributed by atoms with E-state index >= 15 is 0 Å². The maximum absolute atomic E-state index is 13.9. The molecule has 1 aliphatic rings. The molecule has 0 radical (unpaired) electrons. The molecule has 3 rings (SSSR count). The van der Waals surface area contributed by atoms with Crippen molar-refractivity contribution in [3.8, 4) is 23.0 Å². The maximum Gasteiger partial charge on any atom is 0.341 e. The van der Waals surface area contributed by atoms with Gasteiger partial charge in [-0.05, 0) is 81.3 Å². The molecule has 13 heteroatoms. The lowest BCUT2D eigenvalue weighted by Crippen LogP contribution is -2.53. The first-order valence-corrected chi connectivity index (χ1v) is 15.9. The third kappa shape index (κ3) is 10.5. The highest BCUT2D eigenvalue weighted by Crippen LogP contribution is 2.39. The number of carboxylic acids is 1. The Labute approximate surface area is 286 Å². The van der Waals surface area contributed by atoms with Crippen molar-refractivity contribution in [3.63, 3.8) is 0 Å². The van der Waals surface area contributed by atoms with Crippen molar-refractivity contribution in [2.45, 2.75) is 64.5 Å². The number of benzene rings is 2. The van der Waals surface area contributed by atoms with Gasteiger partial charge in [-0.25, -0.2) is 9.59 Å². The number of methoxy groups -OCH3 is 3. The van der Waals surface area contributed by atoms with Gasteiger partial charge in [-0.15, -0.1) is 6.58 Å². The van der Waals surface area contributed by atoms with E-state index in [2.05, 4.69) is 6.58 Å². The number of aliphatic carboxylic acids is 1. The highest BCUT2D eigenvalue weighted by atomic mass is 16.6. The number of hydrogen-bond acceptors (Lipinski definition) is 11. The van der Waals surface area contributed by atoms with E-state index in [9.17, 15) is 24.0 Å². The normalized spacial score (nSPS) is 15.0. The molecule has 0 aromatic heterocycles. The van der Waals surface area contributed by atoms with E-state index in [4.69, 9.17) is 33.5 Å². The number of carboxylic acid groups (broad SMARTS) is 1. The molecule has 0 aliphatic carbocycles. The summed E-state index contributed by atoms with van der Waals surface area (Å²) in [6, 6.07) is 9.12. The number of ether oxygens (including phenoxy) is 6. The Hall–Kier alpha value is -5.07. The zero-order chi connectivity index (χ0) is 36.1. The van der Waals surface area contributed by atoms with Crippen molar-refractivity contribution in [2.75, 3.05) is 41.1 Å². The highest BCUT2D eigenvalue weighted by molar-refractivity contribution is 6.38. The number of carbonyl (C=O) groups excluding carboxylic acids is 4. The van der Waals surface area contributed by atoms with Crippen molar-refractivity contribution in [1.29, 1.82) is 0 Å². The largest absolute Gasteiger partial charge is 0.493 e. The Balaban J connectivity index is 1.88. The Morgan fingerprint density at radius 2 is 1.71 bits per heavy atom. The van der Waals surface area contributed by atoms with Gasteiger partial charge in [-0.3, -0.25) is 14.4 Å². The Morgan fingerprint density at radius 3 is 2.33 bits per heavy atom. The monoisotopic (exact) mass is 683 g/mol. The number of nitrogens with zero attached hydrogens (tertiary/aromatic N) is 1. The van der Waals surface area contributed by atoms with Gasteiger partial charge < -0.3 is 38.4 Å². The molecule has 1 fully saturated rings. The molecule has 0 bridgehead atoms. The molecule has 0 spiro atoms. The smallest absolute Gasteiger partial charge is 0.341 e. The van der Waals surface area contributed by atoms with E-state index in [0.717, 1.165) is 5.56 Å². The van der Waals surface area contributed by atoms with Crippen molar-refractivity contribution < 1.29 is 57.5 Å². The van der Waals surface area contributed by atoms with Crippen molar-refractivity contribution in [2.24, 2.45) is 5.41 Å². The first-order chi connectivity index (χ1) is 23.3. The second kappa shape index (κ2) is 17.9. The number of rotatable bonds is 18. The summed E-state index contributed by atoms with van der Waals surface area (Å²) in [6.07, 6.45) is 2.66. The molecule has 2 atom stereocenters. The lowest BCUT2D eigenvalue weighted by molar-refractivity contribution is -0.165. The van der Waals surface area contributed by atoms with Crippen LogP contribution in [0, 0.1) is 5.41 Å². The molecule has 1 amide bonds. The van der Waals surface area contributed by atoms with Gasteiger partial charge in [-0.2, -0.15) is 0 Å². The molecule has 1 aliphatic heterocycles. The minimum absolute atomic E-state index is 0.0342. The van der Waals surface area contributed by atoms with Crippen LogP contribution in [-0.2, 0) is 39.9 Å². The number of piperidine rings is 1.